The molecule has 7 nitrogen and oxygen atoms in total. The number of methoxy groups -OCH3 is 1. The number of nitrogens with one attached hydrogen (secondary N) is 2. The van der Waals surface area contributed by atoms with E-state index in [-0.39, 0.29) is 37.1 Å². The molecule has 218 valence electrons. The van der Waals surface area contributed by atoms with Crippen LogP contribution >= 0.6 is 0 Å². The average Bonchev–Trinajstić information content (AvgIpc) is 2.86. The second kappa shape index (κ2) is 12.7. The molecule has 0 aliphatic heterocycles. The first-order chi connectivity index (χ1) is 18.7. The van der Waals surface area contributed by atoms with Crippen molar-refractivity contribution in [3.8, 4) is 5.75 Å². The van der Waals surface area contributed by atoms with E-state index in [0.717, 1.165) is 42.4 Å². The Balaban J connectivity index is 1.93. The number of allylic oxidation sites excluding steroid dienone is 1. The minimum atomic E-state index is -5.36. The third-order valence-corrected chi connectivity index (χ3v) is 6.11. The summed E-state index contributed by atoms with van der Waals surface area (Å²) >= 11 is 0. The standard InChI is InChI=1S/C26H26F7N3O4/c1-36(18-5-3-17(27)4-6-18)24(37)40-23-21(9-16(25(28,29)30)10-22(23)26(31,32)33)15(13-34)14-35-7-8-39-20-11-19(12-20)38-2/h3-6,9-10,13-14,19-20,34-35H,7-8,11-12H2,1-2H3/b15-14+,34-13?. The van der Waals surface area contributed by atoms with Crippen LogP contribution in [-0.4, -0.2) is 51.8 Å². The molecular weight excluding hydrogens is 551 g/mol. The molecule has 0 heterocycles. The summed E-state index contributed by atoms with van der Waals surface area (Å²) in [5.41, 5.74) is -4.70. The summed E-state index contributed by atoms with van der Waals surface area (Å²) < 4.78 is 112. The van der Waals surface area contributed by atoms with Gasteiger partial charge in [-0.3, -0.25) is 4.90 Å². The topological polar surface area (TPSA) is 83.9 Å². The number of benzene rings is 2. The highest BCUT2D eigenvalue weighted by Gasteiger charge is 2.41. The van der Waals surface area contributed by atoms with Crippen molar-refractivity contribution >= 4 is 23.6 Å². The summed E-state index contributed by atoms with van der Waals surface area (Å²) in [4.78, 5) is 13.5. The van der Waals surface area contributed by atoms with E-state index in [1.165, 1.54) is 0 Å². The van der Waals surface area contributed by atoms with Crippen LogP contribution in [0.15, 0.2) is 42.6 Å². The molecule has 0 bridgehead atoms. The molecule has 1 saturated carbocycles. The predicted molar refractivity (Wildman–Crippen MR) is 132 cm³/mol. The number of amides is 1. The van der Waals surface area contributed by atoms with Crippen LogP contribution in [0.4, 0.5) is 41.2 Å². The lowest BCUT2D eigenvalue weighted by Gasteiger charge is -2.33. The van der Waals surface area contributed by atoms with Gasteiger partial charge >= 0.3 is 18.4 Å². The van der Waals surface area contributed by atoms with Crippen LogP contribution in [0.5, 0.6) is 5.75 Å². The number of alkyl halides is 6. The molecule has 1 aliphatic rings. The molecule has 0 unspecified atom stereocenters. The number of hydrogen-bond donors (Lipinski definition) is 2. The Morgan fingerprint density at radius 3 is 2.27 bits per heavy atom. The third kappa shape index (κ3) is 7.72. The summed E-state index contributed by atoms with van der Waals surface area (Å²) in [6.07, 6.45) is -8.90. The Kier molecular flexibility index (Phi) is 9.79. The number of carbonyl (C=O) groups excluding carboxylic acids is 1. The molecule has 1 amide bonds. The predicted octanol–water partition coefficient (Wildman–Crippen LogP) is 6.27. The van der Waals surface area contributed by atoms with Gasteiger partial charge in [0.15, 0.2) is 5.75 Å². The van der Waals surface area contributed by atoms with Crippen molar-refractivity contribution in [1.82, 2.24) is 5.32 Å². The highest BCUT2D eigenvalue weighted by molar-refractivity contribution is 6.10. The Morgan fingerprint density at radius 2 is 1.73 bits per heavy atom. The molecule has 1 aliphatic carbocycles. The van der Waals surface area contributed by atoms with Gasteiger partial charge in [-0.2, -0.15) is 26.3 Å². The molecule has 1 fully saturated rings. The molecule has 2 N–H and O–H groups in total. The van der Waals surface area contributed by atoms with Gasteiger partial charge in [0.05, 0.1) is 29.9 Å². The maximum absolute atomic E-state index is 14.0. The molecular formula is C26H26F7N3O4. The normalized spacial score (nSPS) is 17.7. The third-order valence-electron chi connectivity index (χ3n) is 6.11. The lowest BCUT2D eigenvalue weighted by atomic mass is 9.92. The fourth-order valence-corrected chi connectivity index (χ4v) is 3.76. The van der Waals surface area contributed by atoms with E-state index >= 15 is 0 Å². The molecule has 2 aromatic carbocycles. The smallest absolute Gasteiger partial charge is 0.409 e. The lowest BCUT2D eigenvalue weighted by Crippen LogP contribution is -2.37. The summed E-state index contributed by atoms with van der Waals surface area (Å²) in [7, 11) is 2.70. The molecule has 0 aromatic heterocycles. The molecule has 0 saturated heterocycles. The Morgan fingerprint density at radius 1 is 1.07 bits per heavy atom. The molecule has 0 atom stereocenters. The summed E-state index contributed by atoms with van der Waals surface area (Å²) in [5.74, 6) is -1.87. The van der Waals surface area contributed by atoms with Crippen molar-refractivity contribution in [3.05, 3.63) is 65.1 Å². The first-order valence-corrected chi connectivity index (χ1v) is 11.9. The van der Waals surface area contributed by atoms with E-state index < -0.39 is 52.3 Å². The van der Waals surface area contributed by atoms with E-state index in [0.29, 0.717) is 25.1 Å². The molecule has 14 heteroatoms. The number of ether oxygens (including phenoxy) is 3. The number of hydrogen-bond acceptors (Lipinski definition) is 6. The number of rotatable bonds is 10. The largest absolute Gasteiger partial charge is 0.420 e. The average molecular weight is 577 g/mol. The second-order valence-electron chi connectivity index (χ2n) is 8.82. The van der Waals surface area contributed by atoms with Gasteiger partial charge in [0.25, 0.3) is 0 Å². The molecule has 40 heavy (non-hydrogen) atoms. The van der Waals surface area contributed by atoms with E-state index in [2.05, 4.69) is 5.32 Å². The zero-order chi connectivity index (χ0) is 29.7. The van der Waals surface area contributed by atoms with E-state index in [4.69, 9.17) is 19.6 Å². The molecule has 0 radical (unpaired) electrons. The monoisotopic (exact) mass is 577 g/mol. The van der Waals surface area contributed by atoms with Crippen LogP contribution in [-0.2, 0) is 21.8 Å². The SMILES string of the molecule is COC1CC(OCCN/C=C(\C=N)c2cc(C(F)(F)F)cc(C(F)(F)F)c2OC(=O)N(C)c2ccc(F)cc2)C1. The van der Waals surface area contributed by atoms with Crippen molar-refractivity contribution in [1.29, 1.82) is 5.41 Å². The van der Waals surface area contributed by atoms with E-state index in [1.807, 2.05) is 0 Å². The van der Waals surface area contributed by atoms with Crippen molar-refractivity contribution in [2.75, 3.05) is 32.2 Å². The molecule has 3 rings (SSSR count). The fraction of sp³-hybridized carbons (Fsp3) is 0.385. The maximum atomic E-state index is 14.0. The second-order valence-corrected chi connectivity index (χ2v) is 8.82. The Hall–Kier alpha value is -3.65. The van der Waals surface area contributed by atoms with Crippen LogP contribution in [0, 0.1) is 11.2 Å². The zero-order valence-corrected chi connectivity index (χ0v) is 21.3. The van der Waals surface area contributed by atoms with Crippen molar-refractivity contribution < 1.29 is 49.7 Å². The van der Waals surface area contributed by atoms with Gasteiger partial charge in [0.2, 0.25) is 0 Å². The first kappa shape index (κ1) is 30.9. The first-order valence-electron chi connectivity index (χ1n) is 11.9. The van der Waals surface area contributed by atoms with Gasteiger partial charge in [0, 0.05) is 49.9 Å². The van der Waals surface area contributed by atoms with Crippen LogP contribution in [0.2, 0.25) is 0 Å². The number of halogens is 7. The van der Waals surface area contributed by atoms with E-state index in [9.17, 15) is 35.5 Å². The van der Waals surface area contributed by atoms with Crippen molar-refractivity contribution in [3.63, 3.8) is 0 Å². The Labute approximate surface area is 225 Å². The summed E-state index contributed by atoms with van der Waals surface area (Å²) in [6, 6.07) is 4.50. The van der Waals surface area contributed by atoms with Gasteiger partial charge in [-0.1, -0.05) is 0 Å². The van der Waals surface area contributed by atoms with Gasteiger partial charge in [-0.05, 0) is 49.2 Å². The maximum Gasteiger partial charge on any atom is 0.420 e. The van der Waals surface area contributed by atoms with Gasteiger partial charge in [-0.15, -0.1) is 0 Å². The summed E-state index contributed by atoms with van der Waals surface area (Å²) in [6.45, 7) is 0.294. The summed E-state index contributed by atoms with van der Waals surface area (Å²) in [5, 5.41) is 10.4. The minimum absolute atomic E-state index is 0.0279. The van der Waals surface area contributed by atoms with Crippen molar-refractivity contribution in [2.45, 2.75) is 37.4 Å². The van der Waals surface area contributed by atoms with Crippen LogP contribution in [0.1, 0.15) is 29.5 Å². The van der Waals surface area contributed by atoms with Gasteiger partial charge in [-0.25, -0.2) is 9.18 Å². The number of carbonyl (C=O) groups is 1. The minimum Gasteiger partial charge on any atom is -0.409 e. The van der Waals surface area contributed by atoms with E-state index in [1.54, 1.807) is 7.11 Å². The molecule has 0 spiro atoms. The van der Waals surface area contributed by atoms with Gasteiger partial charge < -0.3 is 24.9 Å². The highest BCUT2D eigenvalue weighted by Crippen LogP contribution is 2.44. The lowest BCUT2D eigenvalue weighted by molar-refractivity contribution is -0.143. The quantitative estimate of drug-likeness (QED) is 0.198. The highest BCUT2D eigenvalue weighted by atomic mass is 19.4. The van der Waals surface area contributed by atoms with Crippen LogP contribution in [0.25, 0.3) is 5.57 Å². The molecule has 2 aromatic rings. The van der Waals surface area contributed by atoms with Crippen molar-refractivity contribution in [2.24, 2.45) is 0 Å². The Bertz CT molecular complexity index is 1220. The zero-order valence-electron chi connectivity index (χ0n) is 21.3. The number of anilines is 1. The van der Waals surface area contributed by atoms with Gasteiger partial charge in [0.1, 0.15) is 5.82 Å². The van der Waals surface area contributed by atoms with Crippen LogP contribution in [0.3, 0.4) is 0 Å². The fourth-order valence-electron chi connectivity index (χ4n) is 3.76. The van der Waals surface area contributed by atoms with Crippen LogP contribution < -0.4 is 15.0 Å². The number of nitrogens with zero attached hydrogens (tertiary/aromatic N) is 1.